The van der Waals surface area contributed by atoms with Crippen LogP contribution >= 0.6 is 0 Å². The Hall–Kier alpha value is -0.0400. The lowest BCUT2D eigenvalue weighted by molar-refractivity contribution is -0.136. The van der Waals surface area contributed by atoms with E-state index < -0.39 is 0 Å². The van der Waals surface area contributed by atoms with Crippen molar-refractivity contribution in [3.63, 3.8) is 0 Å². The molecule has 4 saturated carbocycles. The zero-order valence-corrected chi connectivity index (χ0v) is 21.2. The van der Waals surface area contributed by atoms with Gasteiger partial charge in [-0.2, -0.15) is 0 Å². The van der Waals surface area contributed by atoms with E-state index in [1.54, 1.807) is 6.42 Å². The maximum absolute atomic E-state index is 6.09. The number of fused-ring (bicyclic) bond motifs is 5. The highest BCUT2D eigenvalue weighted by atomic mass is 16.5. The van der Waals surface area contributed by atoms with Gasteiger partial charge in [0.2, 0.25) is 0 Å². The fourth-order valence-corrected chi connectivity index (χ4v) is 9.63. The molecule has 0 heterocycles. The van der Waals surface area contributed by atoms with Crippen LogP contribution in [0.1, 0.15) is 119 Å². The molecule has 4 rings (SSSR count). The third kappa shape index (κ3) is 4.04. The lowest BCUT2D eigenvalue weighted by Gasteiger charge is -2.61. The third-order valence-electron chi connectivity index (χ3n) is 11.2. The van der Waals surface area contributed by atoms with E-state index in [4.69, 9.17) is 4.74 Å². The highest BCUT2D eigenvalue weighted by Gasteiger charge is 2.60. The molecule has 3 unspecified atom stereocenters. The Bertz CT molecular complexity index is 569. The molecule has 4 fully saturated rings. The normalized spacial score (nSPS) is 46.9. The van der Waals surface area contributed by atoms with Gasteiger partial charge in [-0.05, 0) is 117 Å². The van der Waals surface area contributed by atoms with E-state index in [0.29, 0.717) is 16.9 Å². The second-order valence-corrected chi connectivity index (χ2v) is 13.0. The molecule has 30 heavy (non-hydrogen) atoms. The van der Waals surface area contributed by atoms with Crippen LogP contribution in [-0.4, -0.2) is 12.7 Å². The van der Waals surface area contributed by atoms with E-state index in [0.717, 1.165) is 48.0 Å². The van der Waals surface area contributed by atoms with Crippen molar-refractivity contribution in [1.82, 2.24) is 0 Å². The summed E-state index contributed by atoms with van der Waals surface area (Å²) in [6.45, 7) is 15.9. The van der Waals surface area contributed by atoms with Crippen molar-refractivity contribution in [2.45, 2.75) is 125 Å². The van der Waals surface area contributed by atoms with Crippen LogP contribution < -0.4 is 0 Å². The van der Waals surface area contributed by atoms with E-state index in [1.807, 2.05) is 0 Å². The van der Waals surface area contributed by atoms with Crippen LogP contribution in [0.15, 0.2) is 0 Å². The van der Waals surface area contributed by atoms with E-state index in [-0.39, 0.29) is 0 Å². The largest absolute Gasteiger partial charge is 0.378 e. The minimum Gasteiger partial charge on any atom is -0.378 e. The number of hydrogen-bond donors (Lipinski definition) is 0. The molecule has 0 bridgehead atoms. The van der Waals surface area contributed by atoms with Gasteiger partial charge in [-0.15, -0.1) is 0 Å². The highest BCUT2D eigenvalue weighted by Crippen LogP contribution is 2.68. The molecule has 4 aliphatic carbocycles. The van der Waals surface area contributed by atoms with Gasteiger partial charge in [-0.25, -0.2) is 0 Å². The van der Waals surface area contributed by atoms with E-state index >= 15 is 0 Å². The summed E-state index contributed by atoms with van der Waals surface area (Å²) in [6, 6.07) is 0. The summed E-state index contributed by atoms with van der Waals surface area (Å²) >= 11 is 0. The first-order valence-corrected chi connectivity index (χ1v) is 13.9. The van der Waals surface area contributed by atoms with Crippen molar-refractivity contribution in [3.8, 4) is 0 Å². The van der Waals surface area contributed by atoms with Crippen molar-refractivity contribution >= 4 is 0 Å². The summed E-state index contributed by atoms with van der Waals surface area (Å²) in [5, 5.41) is 0. The maximum atomic E-state index is 6.09. The Morgan fingerprint density at radius 1 is 0.833 bits per heavy atom. The molecular formula is C29H52O. The van der Waals surface area contributed by atoms with Gasteiger partial charge in [0.15, 0.2) is 0 Å². The Morgan fingerprint density at radius 2 is 1.57 bits per heavy atom. The predicted molar refractivity (Wildman–Crippen MR) is 128 cm³/mol. The van der Waals surface area contributed by atoms with Crippen molar-refractivity contribution in [1.29, 1.82) is 0 Å². The van der Waals surface area contributed by atoms with Gasteiger partial charge in [0.25, 0.3) is 0 Å². The zero-order valence-electron chi connectivity index (χ0n) is 21.2. The molecule has 0 N–H and O–H groups in total. The summed E-state index contributed by atoms with van der Waals surface area (Å²) in [5.74, 6) is 6.79. The molecule has 0 saturated heterocycles. The molecule has 0 radical (unpaired) electrons. The fourth-order valence-electron chi connectivity index (χ4n) is 9.63. The summed E-state index contributed by atoms with van der Waals surface area (Å²) in [5.41, 5.74) is 1.25. The first-order chi connectivity index (χ1) is 14.3. The van der Waals surface area contributed by atoms with Crippen LogP contribution in [0.25, 0.3) is 0 Å². The average Bonchev–Trinajstić information content (AvgIpc) is 3.05. The van der Waals surface area contributed by atoms with Crippen LogP contribution in [0.4, 0.5) is 0 Å². The molecule has 0 amide bonds. The number of hydrogen-bond acceptors (Lipinski definition) is 1. The third-order valence-corrected chi connectivity index (χ3v) is 11.2. The molecule has 0 aromatic carbocycles. The molecule has 0 spiro atoms. The van der Waals surface area contributed by atoms with Crippen LogP contribution in [0.3, 0.4) is 0 Å². The van der Waals surface area contributed by atoms with Crippen molar-refractivity contribution < 1.29 is 4.74 Å². The molecule has 1 heteroatoms. The molecule has 0 aromatic heterocycles. The first-order valence-electron chi connectivity index (χ1n) is 13.9. The maximum Gasteiger partial charge on any atom is 0.0578 e. The van der Waals surface area contributed by atoms with Crippen molar-refractivity contribution in [2.24, 2.45) is 52.3 Å². The fraction of sp³-hybridized carbons (Fsp3) is 1.00. The predicted octanol–water partition coefficient (Wildman–Crippen LogP) is 8.51. The Kier molecular flexibility index (Phi) is 6.99. The lowest BCUT2D eigenvalue weighted by Crippen LogP contribution is -2.54. The van der Waals surface area contributed by atoms with Gasteiger partial charge in [0.05, 0.1) is 6.10 Å². The summed E-state index contributed by atoms with van der Waals surface area (Å²) in [7, 11) is 0. The molecule has 1 nitrogen and oxygen atoms in total. The first kappa shape index (κ1) is 23.1. The monoisotopic (exact) mass is 416 g/mol. The second-order valence-electron chi connectivity index (χ2n) is 13.0. The zero-order chi connectivity index (χ0) is 21.5. The van der Waals surface area contributed by atoms with Gasteiger partial charge < -0.3 is 4.74 Å². The molecule has 9 atom stereocenters. The van der Waals surface area contributed by atoms with Crippen LogP contribution in [0.2, 0.25) is 0 Å². The van der Waals surface area contributed by atoms with Crippen LogP contribution in [0.5, 0.6) is 0 Å². The van der Waals surface area contributed by atoms with Crippen molar-refractivity contribution in [2.75, 3.05) is 6.61 Å². The Balaban J connectivity index is 1.43. The standard InChI is InChI=1S/C29H52O/c1-7-30-23-15-17-28(5)22(19-23)11-12-24-26-14-13-25(21(4)10-8-9-20(2)3)29(26,6)18-16-27(24)28/h20-27H,7-19H2,1-6H3/t21-,22+,23+,24+,25-,26+,27?,28?,29?/m1/s1. The minimum atomic E-state index is 0.557. The van der Waals surface area contributed by atoms with E-state index in [1.165, 1.54) is 70.6 Å². The smallest absolute Gasteiger partial charge is 0.0578 e. The molecule has 4 aliphatic rings. The summed E-state index contributed by atoms with van der Waals surface area (Å²) in [4.78, 5) is 0. The van der Waals surface area contributed by atoms with E-state index in [9.17, 15) is 0 Å². The molecule has 0 aliphatic heterocycles. The van der Waals surface area contributed by atoms with E-state index in [2.05, 4.69) is 41.5 Å². The quantitative estimate of drug-likeness (QED) is 0.404. The van der Waals surface area contributed by atoms with Gasteiger partial charge in [-0.1, -0.05) is 53.9 Å². The Morgan fingerprint density at radius 3 is 2.30 bits per heavy atom. The summed E-state index contributed by atoms with van der Waals surface area (Å²) in [6.07, 6.45) is 18.1. The van der Waals surface area contributed by atoms with Crippen molar-refractivity contribution in [3.05, 3.63) is 0 Å². The molecule has 0 aromatic rings. The van der Waals surface area contributed by atoms with Gasteiger partial charge in [0.1, 0.15) is 0 Å². The number of rotatable bonds is 7. The van der Waals surface area contributed by atoms with Gasteiger partial charge in [-0.3, -0.25) is 0 Å². The summed E-state index contributed by atoms with van der Waals surface area (Å²) < 4.78 is 6.09. The average molecular weight is 417 g/mol. The molecular weight excluding hydrogens is 364 g/mol. The minimum absolute atomic E-state index is 0.557. The SMILES string of the molecule is CCO[C@H]1CCC2(C)C3CCC4(C)[C@@H]([C@H](C)CCCC(C)C)CC[C@H]4[C@@H]3CC[C@H]2C1. The van der Waals surface area contributed by atoms with Crippen LogP contribution in [0, 0.1) is 52.3 Å². The number of ether oxygens (including phenoxy) is 1. The van der Waals surface area contributed by atoms with Gasteiger partial charge >= 0.3 is 0 Å². The topological polar surface area (TPSA) is 9.23 Å². The molecule has 174 valence electrons. The Labute approximate surface area is 188 Å². The highest BCUT2D eigenvalue weighted by molar-refractivity contribution is 5.09. The lowest BCUT2D eigenvalue weighted by atomic mass is 9.44. The van der Waals surface area contributed by atoms with Crippen LogP contribution in [-0.2, 0) is 4.74 Å². The second kappa shape index (κ2) is 9.07. The van der Waals surface area contributed by atoms with Gasteiger partial charge in [0, 0.05) is 6.61 Å².